The number of methoxy groups -OCH3 is 1. The Balaban J connectivity index is 1.63. The number of H-pyrrole nitrogens is 1. The predicted octanol–water partition coefficient (Wildman–Crippen LogP) is 1.84. The van der Waals surface area contributed by atoms with Crippen molar-refractivity contribution in [2.75, 3.05) is 38.8 Å². The largest absolute Gasteiger partial charge is 0.467 e. The molecule has 0 radical (unpaired) electrons. The average Bonchev–Trinajstić information content (AvgIpc) is 3.61. The molecule has 0 aromatic carbocycles. The number of hydrogen-bond donors (Lipinski definition) is 2. The van der Waals surface area contributed by atoms with Gasteiger partial charge in [-0.3, -0.25) is 14.5 Å². The van der Waals surface area contributed by atoms with E-state index in [0.29, 0.717) is 25.8 Å². The number of hydrogen-bond acceptors (Lipinski definition) is 7. The number of ether oxygens (including phenoxy) is 1. The molecule has 2 unspecified atom stereocenters. The summed E-state index contributed by atoms with van der Waals surface area (Å²) >= 11 is 1.64. The van der Waals surface area contributed by atoms with Crippen LogP contribution in [0, 0.1) is 5.92 Å². The molecular weight excluding hydrogens is 454 g/mol. The molecule has 0 saturated carbocycles. The van der Waals surface area contributed by atoms with Crippen LogP contribution in [0.5, 0.6) is 0 Å². The van der Waals surface area contributed by atoms with Crippen LogP contribution in [0.2, 0.25) is 0 Å². The molecule has 2 aliphatic heterocycles. The van der Waals surface area contributed by atoms with E-state index < -0.39 is 12.0 Å². The van der Waals surface area contributed by atoms with Crippen molar-refractivity contribution in [3.63, 3.8) is 0 Å². The summed E-state index contributed by atoms with van der Waals surface area (Å²) in [6.07, 6.45) is 10.8. The average molecular weight is 494 g/mol. The minimum absolute atomic E-state index is 0.102. The van der Waals surface area contributed by atoms with Crippen LogP contribution in [0.3, 0.4) is 0 Å². The first kappa shape index (κ1) is 26.5. The highest BCUT2D eigenvalue weighted by Crippen LogP contribution is 2.30. The second kappa shape index (κ2) is 13.1. The first-order chi connectivity index (χ1) is 16.5. The number of rotatable bonds is 12. The fraction of sp³-hybridized carbons (Fsp3) is 0.750. The van der Waals surface area contributed by atoms with Crippen LogP contribution in [0.1, 0.15) is 51.1 Å². The van der Waals surface area contributed by atoms with Crippen molar-refractivity contribution in [1.29, 1.82) is 0 Å². The number of imidazole rings is 1. The summed E-state index contributed by atoms with van der Waals surface area (Å²) in [6.45, 7) is 4.40. The Morgan fingerprint density at radius 2 is 2.15 bits per heavy atom. The number of carbonyl (C=O) groups is 3. The number of aromatic nitrogens is 2. The molecule has 2 aliphatic rings. The Morgan fingerprint density at radius 1 is 1.32 bits per heavy atom. The Labute approximate surface area is 206 Å². The van der Waals surface area contributed by atoms with Gasteiger partial charge in [0.2, 0.25) is 11.8 Å². The van der Waals surface area contributed by atoms with Gasteiger partial charge in [-0.15, -0.1) is 0 Å². The number of nitrogens with one attached hydrogen (secondary N) is 2. The van der Waals surface area contributed by atoms with Crippen LogP contribution < -0.4 is 5.32 Å². The zero-order valence-corrected chi connectivity index (χ0v) is 21.4. The topological polar surface area (TPSA) is 108 Å². The number of aromatic amines is 1. The van der Waals surface area contributed by atoms with Gasteiger partial charge in [0, 0.05) is 31.7 Å². The molecule has 2 N–H and O–H groups in total. The van der Waals surface area contributed by atoms with Crippen LogP contribution in [-0.2, 0) is 25.5 Å². The highest BCUT2D eigenvalue weighted by molar-refractivity contribution is 7.98. The second-order valence-electron chi connectivity index (χ2n) is 9.21. The number of aryl methyl sites for hydroxylation is 1. The second-order valence-corrected chi connectivity index (χ2v) is 10.2. The predicted molar refractivity (Wildman–Crippen MR) is 132 cm³/mol. The third kappa shape index (κ3) is 6.75. The lowest BCUT2D eigenvalue weighted by atomic mass is 9.96. The highest BCUT2D eigenvalue weighted by atomic mass is 32.2. The van der Waals surface area contributed by atoms with E-state index in [1.54, 1.807) is 18.1 Å². The van der Waals surface area contributed by atoms with Crippen LogP contribution >= 0.6 is 11.8 Å². The number of thioether (sulfide) groups is 1. The number of nitrogens with zero attached hydrogens (tertiary/aromatic N) is 3. The molecule has 0 spiro atoms. The lowest BCUT2D eigenvalue weighted by Crippen LogP contribution is -2.54. The van der Waals surface area contributed by atoms with Crippen molar-refractivity contribution in [3.05, 3.63) is 18.2 Å². The lowest BCUT2D eigenvalue weighted by molar-refractivity contribution is -0.146. The van der Waals surface area contributed by atoms with Gasteiger partial charge < -0.3 is 19.9 Å². The van der Waals surface area contributed by atoms with E-state index in [2.05, 4.69) is 27.1 Å². The van der Waals surface area contributed by atoms with Crippen molar-refractivity contribution in [2.45, 2.75) is 70.0 Å². The molecule has 1 aromatic rings. The third-order valence-electron chi connectivity index (χ3n) is 7.13. The molecule has 3 heterocycles. The Hall–Kier alpha value is -2.07. The van der Waals surface area contributed by atoms with Gasteiger partial charge in [0.15, 0.2) is 0 Å². The zero-order chi connectivity index (χ0) is 24.5. The van der Waals surface area contributed by atoms with E-state index >= 15 is 0 Å². The lowest BCUT2D eigenvalue weighted by Gasteiger charge is -2.33. The molecule has 10 heteroatoms. The van der Waals surface area contributed by atoms with Gasteiger partial charge in [0.05, 0.1) is 25.2 Å². The standard InChI is InChI=1S/C24H39N5O4S/c1-4-17-9-12-28(22(17)23(31)27-20(10-13-34-3)24(32)33-2)15-19-6-5-11-29(19)21(30)8-7-18-14-25-16-26-18/h14,16-17,19-20,22H,4-13,15H2,1-3H3,(H,25,26)(H,27,31)/t17-,19-,20?,22?/m0/s1. The summed E-state index contributed by atoms with van der Waals surface area (Å²) < 4.78 is 4.92. The molecule has 190 valence electrons. The van der Waals surface area contributed by atoms with Gasteiger partial charge in [-0.05, 0) is 56.6 Å². The smallest absolute Gasteiger partial charge is 0.328 e. The van der Waals surface area contributed by atoms with Crippen LogP contribution in [0.4, 0.5) is 0 Å². The molecular formula is C24H39N5O4S. The minimum Gasteiger partial charge on any atom is -0.467 e. The van der Waals surface area contributed by atoms with Gasteiger partial charge in [-0.1, -0.05) is 13.3 Å². The van der Waals surface area contributed by atoms with Crippen molar-refractivity contribution in [3.8, 4) is 0 Å². The summed E-state index contributed by atoms with van der Waals surface area (Å²) in [5.74, 6) is 0.660. The fourth-order valence-electron chi connectivity index (χ4n) is 5.25. The SMILES string of the molecule is CC[C@H]1CCN(C[C@@H]2CCCN2C(=O)CCc2c[nH]cn2)C1C(=O)NC(CCSC)C(=O)OC. The monoisotopic (exact) mass is 493 g/mol. The number of esters is 1. The molecule has 0 bridgehead atoms. The molecule has 34 heavy (non-hydrogen) atoms. The normalized spacial score (nSPS) is 23.7. The van der Waals surface area contributed by atoms with Crippen molar-refractivity contribution >= 4 is 29.5 Å². The highest BCUT2D eigenvalue weighted by Gasteiger charge is 2.42. The van der Waals surface area contributed by atoms with Crippen molar-refractivity contribution in [2.24, 2.45) is 5.92 Å². The summed E-state index contributed by atoms with van der Waals surface area (Å²) in [5.41, 5.74) is 0.896. The molecule has 4 atom stereocenters. The summed E-state index contributed by atoms with van der Waals surface area (Å²) in [5, 5.41) is 2.97. The first-order valence-corrected chi connectivity index (χ1v) is 13.8. The van der Waals surface area contributed by atoms with Crippen molar-refractivity contribution < 1.29 is 19.1 Å². The van der Waals surface area contributed by atoms with E-state index in [-0.39, 0.29) is 29.8 Å². The Morgan fingerprint density at radius 3 is 2.82 bits per heavy atom. The molecule has 2 fully saturated rings. The summed E-state index contributed by atoms with van der Waals surface area (Å²) in [4.78, 5) is 49.9. The van der Waals surface area contributed by atoms with Crippen LogP contribution in [-0.4, -0.2) is 94.4 Å². The molecule has 2 saturated heterocycles. The fourth-order valence-corrected chi connectivity index (χ4v) is 5.73. The number of carbonyl (C=O) groups excluding carboxylic acids is 3. The van der Waals surface area contributed by atoms with Crippen LogP contribution in [0.15, 0.2) is 12.5 Å². The van der Waals surface area contributed by atoms with E-state index in [4.69, 9.17) is 4.74 Å². The van der Waals surface area contributed by atoms with Crippen molar-refractivity contribution in [1.82, 2.24) is 25.1 Å². The molecule has 0 aliphatic carbocycles. The van der Waals surface area contributed by atoms with Gasteiger partial charge in [0.1, 0.15) is 6.04 Å². The molecule has 1 aromatic heterocycles. The zero-order valence-electron chi connectivity index (χ0n) is 20.6. The molecule has 3 rings (SSSR count). The van der Waals surface area contributed by atoms with E-state index in [1.807, 2.05) is 17.4 Å². The summed E-state index contributed by atoms with van der Waals surface area (Å²) in [7, 11) is 1.36. The molecule has 9 nitrogen and oxygen atoms in total. The third-order valence-corrected chi connectivity index (χ3v) is 7.77. The number of likely N-dealkylation sites (tertiary alicyclic amines) is 2. The maximum Gasteiger partial charge on any atom is 0.328 e. The van der Waals surface area contributed by atoms with Gasteiger partial charge in [-0.2, -0.15) is 11.8 Å². The van der Waals surface area contributed by atoms with Gasteiger partial charge >= 0.3 is 5.97 Å². The van der Waals surface area contributed by atoms with Crippen LogP contribution in [0.25, 0.3) is 0 Å². The van der Waals surface area contributed by atoms with Gasteiger partial charge in [-0.25, -0.2) is 9.78 Å². The van der Waals surface area contributed by atoms with E-state index in [9.17, 15) is 14.4 Å². The van der Waals surface area contributed by atoms with Gasteiger partial charge in [0.25, 0.3) is 0 Å². The Bertz CT molecular complexity index is 805. The summed E-state index contributed by atoms with van der Waals surface area (Å²) in [6, 6.07) is -0.796. The Kier molecular flexibility index (Phi) is 10.2. The first-order valence-electron chi connectivity index (χ1n) is 12.4. The molecule has 2 amide bonds. The quantitative estimate of drug-likeness (QED) is 0.428. The number of amides is 2. The minimum atomic E-state index is -0.628. The van der Waals surface area contributed by atoms with E-state index in [1.165, 1.54) is 7.11 Å². The van der Waals surface area contributed by atoms with E-state index in [0.717, 1.165) is 50.2 Å². The maximum absolute atomic E-state index is 13.4. The maximum atomic E-state index is 13.4.